The van der Waals surface area contributed by atoms with Crippen molar-refractivity contribution in [2.75, 3.05) is 5.73 Å². The van der Waals surface area contributed by atoms with E-state index in [1.165, 1.54) is 11.8 Å². The maximum absolute atomic E-state index is 5.93. The first-order valence-electron chi connectivity index (χ1n) is 7.28. The Labute approximate surface area is 142 Å². The highest BCUT2D eigenvalue weighted by molar-refractivity contribution is 7.99. The van der Waals surface area contributed by atoms with E-state index in [1.54, 1.807) is 18.7 Å². The van der Waals surface area contributed by atoms with Gasteiger partial charge < -0.3 is 14.9 Å². The number of hydrogen-bond donors (Lipinski definition) is 1. The average Bonchev–Trinajstić information content (AvgIpc) is 3.09. The Bertz CT molecular complexity index is 986. The van der Waals surface area contributed by atoms with Crippen molar-refractivity contribution in [1.29, 1.82) is 0 Å². The van der Waals surface area contributed by atoms with Crippen LogP contribution in [0.3, 0.4) is 0 Å². The van der Waals surface area contributed by atoms with E-state index in [0.717, 1.165) is 20.9 Å². The van der Waals surface area contributed by atoms with Crippen LogP contribution in [0.4, 0.5) is 5.82 Å². The number of benzene rings is 1. The molecule has 4 aromatic rings. The molecule has 0 aliphatic rings. The molecule has 0 atom stereocenters. The van der Waals surface area contributed by atoms with Crippen molar-refractivity contribution in [2.45, 2.75) is 9.92 Å². The zero-order valence-corrected chi connectivity index (χ0v) is 13.4. The first kappa shape index (κ1) is 14.6. The number of fused-ring (bicyclic) bond motifs is 1. The molecule has 118 valence electrons. The predicted octanol–water partition coefficient (Wildman–Crippen LogP) is 4.75. The normalized spacial score (nSPS) is 10.8. The quantitative estimate of drug-likeness (QED) is 0.580. The fourth-order valence-electron chi connectivity index (χ4n) is 2.25. The third kappa shape index (κ3) is 2.91. The van der Waals surface area contributed by atoms with Gasteiger partial charge in [-0.15, -0.1) is 0 Å². The van der Waals surface area contributed by atoms with E-state index in [4.69, 9.17) is 14.9 Å². The third-order valence-electron chi connectivity index (χ3n) is 3.39. The highest BCUT2D eigenvalue weighted by atomic mass is 32.2. The van der Waals surface area contributed by atoms with Gasteiger partial charge in [0.2, 0.25) is 0 Å². The van der Waals surface area contributed by atoms with Crippen molar-refractivity contribution in [2.24, 2.45) is 0 Å². The van der Waals surface area contributed by atoms with Crippen LogP contribution in [0.2, 0.25) is 0 Å². The van der Waals surface area contributed by atoms with Gasteiger partial charge in [-0.25, -0.2) is 9.97 Å². The zero-order chi connectivity index (χ0) is 16.4. The molecule has 24 heavy (non-hydrogen) atoms. The molecule has 0 spiro atoms. The third-order valence-corrected chi connectivity index (χ3v) is 4.36. The monoisotopic (exact) mass is 335 g/mol. The summed E-state index contributed by atoms with van der Waals surface area (Å²) in [6.07, 6.45) is 5.08. The lowest BCUT2D eigenvalue weighted by Crippen LogP contribution is -1.95. The Morgan fingerprint density at radius 1 is 1.04 bits per heavy atom. The Morgan fingerprint density at radius 2 is 1.92 bits per heavy atom. The van der Waals surface area contributed by atoms with Crippen molar-refractivity contribution in [3.63, 3.8) is 0 Å². The minimum Gasteiger partial charge on any atom is -0.464 e. The molecule has 3 heterocycles. The second-order valence-corrected chi connectivity index (χ2v) is 6.08. The number of para-hydroxylation sites is 1. The summed E-state index contributed by atoms with van der Waals surface area (Å²) < 4.78 is 11.2. The lowest BCUT2D eigenvalue weighted by Gasteiger charge is -2.09. The predicted molar refractivity (Wildman–Crippen MR) is 93.3 cm³/mol. The first-order chi connectivity index (χ1) is 11.8. The standard InChI is InChI=1S/C18H13N3O2S/c19-17-16(23-12-4-2-1-3-5-12)10-13(11-21-17)24-18-14-7-9-22-15(14)6-8-20-18/h1-11H,(H2,19,21). The van der Waals surface area contributed by atoms with Gasteiger partial charge in [-0.1, -0.05) is 30.0 Å². The molecule has 5 nitrogen and oxygen atoms in total. The lowest BCUT2D eigenvalue weighted by atomic mass is 10.3. The van der Waals surface area contributed by atoms with Crippen molar-refractivity contribution in [1.82, 2.24) is 9.97 Å². The molecular weight excluding hydrogens is 322 g/mol. The summed E-state index contributed by atoms with van der Waals surface area (Å²) >= 11 is 1.49. The van der Waals surface area contributed by atoms with E-state index >= 15 is 0 Å². The van der Waals surface area contributed by atoms with Gasteiger partial charge in [-0.05, 0) is 24.3 Å². The average molecular weight is 335 g/mol. The van der Waals surface area contributed by atoms with Gasteiger partial charge in [0.1, 0.15) is 16.4 Å². The number of rotatable bonds is 4. The Kier molecular flexibility index (Phi) is 3.80. The number of anilines is 1. The van der Waals surface area contributed by atoms with Gasteiger partial charge in [0.25, 0.3) is 0 Å². The van der Waals surface area contributed by atoms with E-state index in [9.17, 15) is 0 Å². The molecule has 0 radical (unpaired) electrons. The molecule has 3 aromatic heterocycles. The van der Waals surface area contributed by atoms with Gasteiger partial charge in [0.15, 0.2) is 11.6 Å². The number of ether oxygens (including phenoxy) is 1. The molecule has 4 rings (SSSR count). The molecule has 2 N–H and O–H groups in total. The summed E-state index contributed by atoms with van der Waals surface area (Å²) in [5.74, 6) is 1.58. The summed E-state index contributed by atoms with van der Waals surface area (Å²) in [6, 6.07) is 15.1. The summed E-state index contributed by atoms with van der Waals surface area (Å²) in [5.41, 5.74) is 6.73. The van der Waals surface area contributed by atoms with Crippen LogP contribution in [-0.2, 0) is 0 Å². The molecule has 1 aromatic carbocycles. The van der Waals surface area contributed by atoms with Crippen LogP contribution in [0.15, 0.2) is 81.5 Å². The molecule has 0 saturated heterocycles. The van der Waals surface area contributed by atoms with Crippen molar-refractivity contribution >= 4 is 28.5 Å². The Morgan fingerprint density at radius 3 is 2.79 bits per heavy atom. The second-order valence-electron chi connectivity index (χ2n) is 5.02. The number of furan rings is 1. The second kappa shape index (κ2) is 6.25. The Hall–Kier alpha value is -2.99. The number of nitrogen functional groups attached to an aromatic ring is 1. The Balaban J connectivity index is 1.64. The van der Waals surface area contributed by atoms with Gasteiger partial charge in [0.05, 0.1) is 11.6 Å². The molecule has 0 amide bonds. The van der Waals surface area contributed by atoms with Crippen LogP contribution in [0.1, 0.15) is 0 Å². The minimum atomic E-state index is 0.345. The first-order valence-corrected chi connectivity index (χ1v) is 8.10. The topological polar surface area (TPSA) is 74.2 Å². The lowest BCUT2D eigenvalue weighted by molar-refractivity contribution is 0.481. The number of nitrogens with zero attached hydrogens (tertiary/aromatic N) is 2. The van der Waals surface area contributed by atoms with E-state index in [2.05, 4.69) is 9.97 Å². The fraction of sp³-hybridized carbons (Fsp3) is 0. The smallest absolute Gasteiger partial charge is 0.170 e. The molecule has 0 unspecified atom stereocenters. The van der Waals surface area contributed by atoms with Crippen LogP contribution in [0, 0.1) is 0 Å². The van der Waals surface area contributed by atoms with Gasteiger partial charge in [-0.3, -0.25) is 0 Å². The van der Waals surface area contributed by atoms with Crippen molar-refractivity contribution in [3.05, 3.63) is 67.2 Å². The highest BCUT2D eigenvalue weighted by Gasteiger charge is 2.10. The van der Waals surface area contributed by atoms with Crippen LogP contribution < -0.4 is 10.5 Å². The minimum absolute atomic E-state index is 0.345. The molecule has 0 saturated carbocycles. The largest absolute Gasteiger partial charge is 0.464 e. The van der Waals surface area contributed by atoms with E-state index in [0.29, 0.717) is 17.3 Å². The number of pyridine rings is 2. The summed E-state index contributed by atoms with van der Waals surface area (Å²) in [5, 5.41) is 1.81. The van der Waals surface area contributed by atoms with Crippen LogP contribution >= 0.6 is 11.8 Å². The van der Waals surface area contributed by atoms with E-state index in [-0.39, 0.29) is 0 Å². The summed E-state index contributed by atoms with van der Waals surface area (Å²) in [7, 11) is 0. The molecular formula is C18H13N3O2S. The number of nitrogens with two attached hydrogens (primary N) is 1. The number of hydrogen-bond acceptors (Lipinski definition) is 6. The molecule has 0 bridgehead atoms. The zero-order valence-electron chi connectivity index (χ0n) is 12.5. The van der Waals surface area contributed by atoms with Gasteiger partial charge >= 0.3 is 0 Å². The maximum Gasteiger partial charge on any atom is 0.170 e. The summed E-state index contributed by atoms with van der Waals surface area (Å²) in [6.45, 7) is 0. The summed E-state index contributed by atoms with van der Waals surface area (Å²) in [4.78, 5) is 9.52. The van der Waals surface area contributed by atoms with Crippen LogP contribution in [0.25, 0.3) is 11.0 Å². The molecule has 0 aliphatic carbocycles. The van der Waals surface area contributed by atoms with Crippen LogP contribution in [0.5, 0.6) is 11.5 Å². The van der Waals surface area contributed by atoms with E-state index in [1.807, 2.05) is 48.5 Å². The molecule has 0 fully saturated rings. The fourth-order valence-corrected chi connectivity index (χ4v) is 3.14. The van der Waals surface area contributed by atoms with Gasteiger partial charge in [0, 0.05) is 23.4 Å². The van der Waals surface area contributed by atoms with Gasteiger partial charge in [-0.2, -0.15) is 0 Å². The highest BCUT2D eigenvalue weighted by Crippen LogP contribution is 2.35. The molecule has 6 heteroatoms. The van der Waals surface area contributed by atoms with Crippen molar-refractivity contribution in [3.8, 4) is 11.5 Å². The maximum atomic E-state index is 5.93. The SMILES string of the molecule is Nc1ncc(Sc2nccc3occc23)cc1Oc1ccccc1. The van der Waals surface area contributed by atoms with E-state index < -0.39 is 0 Å². The number of aromatic nitrogens is 2. The van der Waals surface area contributed by atoms with Crippen LogP contribution in [-0.4, -0.2) is 9.97 Å². The van der Waals surface area contributed by atoms with Crippen molar-refractivity contribution < 1.29 is 9.15 Å². The molecule has 0 aliphatic heterocycles.